The minimum atomic E-state index is 0.698. The van der Waals surface area contributed by atoms with Crippen LogP contribution < -0.4 is 11.1 Å². The van der Waals surface area contributed by atoms with Crippen LogP contribution in [0.15, 0.2) is 41.0 Å². The Bertz CT molecular complexity index is 540. The second kappa shape index (κ2) is 5.87. The molecule has 18 heavy (non-hydrogen) atoms. The number of halogens is 1. The van der Waals surface area contributed by atoms with E-state index in [9.17, 15) is 0 Å². The molecule has 0 radical (unpaired) electrons. The molecular weight excluding hydrogens is 290 g/mol. The van der Waals surface area contributed by atoms with E-state index in [4.69, 9.17) is 5.73 Å². The summed E-state index contributed by atoms with van der Waals surface area (Å²) in [6.07, 6.45) is 2.63. The minimum Gasteiger partial charge on any atom is -0.397 e. The molecule has 0 saturated carbocycles. The lowest BCUT2D eigenvalue weighted by molar-refractivity contribution is 0.996. The van der Waals surface area contributed by atoms with E-state index in [1.807, 2.05) is 25.1 Å². The van der Waals surface area contributed by atoms with Gasteiger partial charge < -0.3 is 11.1 Å². The van der Waals surface area contributed by atoms with Crippen LogP contribution in [0.1, 0.15) is 11.1 Å². The van der Waals surface area contributed by atoms with Gasteiger partial charge in [0.2, 0.25) is 0 Å². The number of nitrogens with zero attached hydrogens (tertiary/aromatic N) is 1. The van der Waals surface area contributed by atoms with E-state index in [0.717, 1.165) is 28.8 Å². The molecule has 0 aliphatic heterocycles. The number of aromatic nitrogens is 1. The number of anilines is 2. The van der Waals surface area contributed by atoms with E-state index in [2.05, 4.69) is 38.4 Å². The van der Waals surface area contributed by atoms with Gasteiger partial charge in [-0.1, -0.05) is 34.1 Å². The third-order valence-electron chi connectivity index (χ3n) is 2.74. The van der Waals surface area contributed by atoms with E-state index in [1.165, 1.54) is 5.56 Å². The smallest absolute Gasteiger partial charge is 0.129 e. The van der Waals surface area contributed by atoms with Crippen LogP contribution in [0.5, 0.6) is 0 Å². The highest BCUT2D eigenvalue weighted by Gasteiger charge is 2.01. The molecule has 3 N–H and O–H groups in total. The molecule has 0 amide bonds. The number of nitrogens with two attached hydrogens (primary N) is 1. The lowest BCUT2D eigenvalue weighted by Crippen LogP contribution is -2.08. The van der Waals surface area contributed by atoms with Gasteiger partial charge in [-0.25, -0.2) is 4.98 Å². The second-order valence-electron chi connectivity index (χ2n) is 4.20. The van der Waals surface area contributed by atoms with Gasteiger partial charge in [0.05, 0.1) is 11.9 Å². The minimum absolute atomic E-state index is 0.698. The van der Waals surface area contributed by atoms with Crippen molar-refractivity contribution in [1.29, 1.82) is 0 Å². The highest BCUT2D eigenvalue weighted by molar-refractivity contribution is 9.10. The van der Waals surface area contributed by atoms with Gasteiger partial charge in [0.15, 0.2) is 0 Å². The second-order valence-corrected chi connectivity index (χ2v) is 5.06. The first-order valence-corrected chi connectivity index (χ1v) is 6.65. The van der Waals surface area contributed by atoms with Crippen molar-refractivity contribution in [3.63, 3.8) is 0 Å². The maximum atomic E-state index is 5.67. The summed E-state index contributed by atoms with van der Waals surface area (Å²) in [5, 5.41) is 3.33. The summed E-state index contributed by atoms with van der Waals surface area (Å²) in [4.78, 5) is 4.28. The van der Waals surface area contributed by atoms with Crippen molar-refractivity contribution in [1.82, 2.24) is 4.98 Å². The van der Waals surface area contributed by atoms with Gasteiger partial charge in [0.1, 0.15) is 5.82 Å². The number of rotatable bonds is 4. The van der Waals surface area contributed by atoms with Crippen LogP contribution in [0.4, 0.5) is 11.5 Å². The van der Waals surface area contributed by atoms with Crippen molar-refractivity contribution in [3.05, 3.63) is 52.1 Å². The van der Waals surface area contributed by atoms with Gasteiger partial charge in [-0.05, 0) is 36.6 Å². The quantitative estimate of drug-likeness (QED) is 0.910. The van der Waals surface area contributed by atoms with Crippen molar-refractivity contribution in [2.75, 3.05) is 17.6 Å². The molecule has 2 aromatic rings. The van der Waals surface area contributed by atoms with Crippen LogP contribution in [0.25, 0.3) is 0 Å². The van der Waals surface area contributed by atoms with E-state index < -0.39 is 0 Å². The van der Waals surface area contributed by atoms with Crippen molar-refractivity contribution in [3.8, 4) is 0 Å². The molecule has 0 atom stereocenters. The average molecular weight is 306 g/mol. The number of pyridine rings is 1. The van der Waals surface area contributed by atoms with Crippen LogP contribution in [0, 0.1) is 6.92 Å². The summed E-state index contributed by atoms with van der Waals surface area (Å²) in [5.74, 6) is 0.899. The fraction of sp³-hybridized carbons (Fsp3) is 0.214. The van der Waals surface area contributed by atoms with E-state index in [1.54, 1.807) is 6.20 Å². The monoisotopic (exact) mass is 305 g/mol. The molecular formula is C14H16BrN3. The molecule has 0 aliphatic rings. The number of nitrogen functional groups attached to an aromatic ring is 1. The Morgan fingerprint density at radius 1 is 1.33 bits per heavy atom. The summed E-state index contributed by atoms with van der Waals surface area (Å²) in [5.41, 5.74) is 8.73. The standard InChI is InChI=1S/C14H16BrN3/c1-10-8-12(16)9-18-14(10)17-7-6-11-4-2-3-5-13(11)15/h2-5,8-9H,6-7,16H2,1H3,(H,17,18). The molecule has 0 aliphatic carbocycles. The zero-order chi connectivity index (χ0) is 13.0. The van der Waals surface area contributed by atoms with Gasteiger partial charge in [-0.3, -0.25) is 0 Å². The number of benzene rings is 1. The van der Waals surface area contributed by atoms with Crippen LogP contribution in [-0.2, 0) is 6.42 Å². The summed E-state index contributed by atoms with van der Waals surface area (Å²) >= 11 is 3.55. The Balaban J connectivity index is 1.95. The van der Waals surface area contributed by atoms with Gasteiger partial charge in [-0.2, -0.15) is 0 Å². The molecule has 94 valence electrons. The predicted octanol–water partition coefficient (Wildman–Crippen LogP) is 3.39. The lowest BCUT2D eigenvalue weighted by Gasteiger charge is -2.09. The molecule has 1 aromatic heterocycles. The van der Waals surface area contributed by atoms with Crippen LogP contribution in [0.3, 0.4) is 0 Å². The first kappa shape index (κ1) is 12.9. The summed E-state index contributed by atoms with van der Waals surface area (Å²) < 4.78 is 1.15. The fourth-order valence-corrected chi connectivity index (χ4v) is 2.28. The topological polar surface area (TPSA) is 50.9 Å². The van der Waals surface area contributed by atoms with Crippen molar-refractivity contribution in [2.45, 2.75) is 13.3 Å². The third kappa shape index (κ3) is 3.23. The normalized spacial score (nSPS) is 10.3. The molecule has 0 fully saturated rings. The molecule has 0 unspecified atom stereocenters. The zero-order valence-electron chi connectivity index (χ0n) is 10.3. The van der Waals surface area contributed by atoms with Gasteiger partial charge in [-0.15, -0.1) is 0 Å². The number of hydrogen-bond donors (Lipinski definition) is 2. The highest BCUT2D eigenvalue weighted by Crippen LogP contribution is 2.17. The Morgan fingerprint density at radius 3 is 2.83 bits per heavy atom. The third-order valence-corrected chi connectivity index (χ3v) is 3.52. The molecule has 0 saturated heterocycles. The van der Waals surface area contributed by atoms with Crippen LogP contribution >= 0.6 is 15.9 Å². The Morgan fingerprint density at radius 2 is 2.11 bits per heavy atom. The van der Waals surface area contributed by atoms with Crippen molar-refractivity contribution < 1.29 is 0 Å². The number of aryl methyl sites for hydroxylation is 1. The Hall–Kier alpha value is -1.55. The first-order chi connectivity index (χ1) is 8.66. The fourth-order valence-electron chi connectivity index (χ4n) is 1.80. The number of nitrogens with one attached hydrogen (secondary N) is 1. The zero-order valence-corrected chi connectivity index (χ0v) is 11.9. The van der Waals surface area contributed by atoms with Gasteiger partial charge >= 0.3 is 0 Å². The number of hydrogen-bond acceptors (Lipinski definition) is 3. The maximum Gasteiger partial charge on any atom is 0.129 e. The lowest BCUT2D eigenvalue weighted by atomic mass is 10.1. The van der Waals surface area contributed by atoms with Gasteiger partial charge in [0.25, 0.3) is 0 Å². The molecule has 0 spiro atoms. The van der Waals surface area contributed by atoms with Gasteiger partial charge in [0, 0.05) is 11.0 Å². The van der Waals surface area contributed by atoms with E-state index >= 15 is 0 Å². The molecule has 1 aromatic carbocycles. The Labute approximate surface area is 116 Å². The Kier molecular flexibility index (Phi) is 4.20. The van der Waals surface area contributed by atoms with E-state index in [0.29, 0.717) is 5.69 Å². The molecule has 1 heterocycles. The van der Waals surface area contributed by atoms with Crippen molar-refractivity contribution >= 4 is 27.4 Å². The molecule has 2 rings (SSSR count). The molecule has 4 heteroatoms. The summed E-state index contributed by atoms with van der Waals surface area (Å²) in [6, 6.07) is 10.2. The summed E-state index contributed by atoms with van der Waals surface area (Å²) in [7, 11) is 0. The average Bonchev–Trinajstić information content (AvgIpc) is 2.34. The largest absolute Gasteiger partial charge is 0.397 e. The summed E-state index contributed by atoms with van der Waals surface area (Å²) in [6.45, 7) is 2.85. The van der Waals surface area contributed by atoms with Crippen LogP contribution in [-0.4, -0.2) is 11.5 Å². The first-order valence-electron chi connectivity index (χ1n) is 5.86. The SMILES string of the molecule is Cc1cc(N)cnc1NCCc1ccccc1Br. The highest BCUT2D eigenvalue weighted by atomic mass is 79.9. The van der Waals surface area contributed by atoms with E-state index in [-0.39, 0.29) is 0 Å². The molecule has 3 nitrogen and oxygen atoms in total. The van der Waals surface area contributed by atoms with Crippen LogP contribution in [0.2, 0.25) is 0 Å². The molecule has 0 bridgehead atoms. The maximum absolute atomic E-state index is 5.67. The van der Waals surface area contributed by atoms with Crippen molar-refractivity contribution in [2.24, 2.45) is 0 Å². The predicted molar refractivity (Wildman–Crippen MR) is 79.7 cm³/mol.